The fourth-order valence-electron chi connectivity index (χ4n) is 2.15. The van der Waals surface area contributed by atoms with E-state index in [1.165, 1.54) is 0 Å². The third-order valence-electron chi connectivity index (χ3n) is 3.32. The predicted molar refractivity (Wildman–Crippen MR) is 88.2 cm³/mol. The van der Waals surface area contributed by atoms with Gasteiger partial charge in [0.25, 0.3) is 5.91 Å². The highest BCUT2D eigenvalue weighted by atomic mass is 16.5. The first-order chi connectivity index (χ1) is 11.1. The smallest absolute Gasteiger partial charge is 0.254 e. The van der Waals surface area contributed by atoms with Crippen molar-refractivity contribution in [2.24, 2.45) is 5.10 Å². The van der Waals surface area contributed by atoms with Gasteiger partial charge in [-0.05, 0) is 19.1 Å². The molecule has 1 heterocycles. The molecular weight excluding hydrogens is 296 g/mol. The zero-order chi connectivity index (χ0) is 16.5. The summed E-state index contributed by atoms with van der Waals surface area (Å²) in [5, 5.41) is 6.74. The molecule has 1 aromatic carbocycles. The Bertz CT molecular complexity index is 554. The average molecular weight is 318 g/mol. The topological polar surface area (TPSA) is 83.0 Å². The quantitative estimate of drug-likeness (QED) is 0.601. The van der Waals surface area contributed by atoms with E-state index in [4.69, 9.17) is 4.74 Å². The molecule has 0 atom stereocenters. The molecule has 1 aliphatic heterocycles. The second-order valence-electron chi connectivity index (χ2n) is 5.36. The molecule has 1 aliphatic rings. The van der Waals surface area contributed by atoms with Gasteiger partial charge < -0.3 is 10.1 Å². The standard InChI is InChI=1S/C16H22N4O3/c1-13(11-15(21)17-14-5-3-2-4-6-14)18-19-16(22)12-20-7-9-23-10-8-20/h2-6H,7-12H2,1H3,(H,17,21)(H,19,22)/b18-13-. The summed E-state index contributed by atoms with van der Waals surface area (Å²) in [6.45, 7) is 4.78. The van der Waals surface area contributed by atoms with Gasteiger partial charge >= 0.3 is 0 Å². The molecule has 0 unspecified atom stereocenters. The van der Waals surface area contributed by atoms with E-state index in [9.17, 15) is 9.59 Å². The molecule has 7 nitrogen and oxygen atoms in total. The zero-order valence-electron chi connectivity index (χ0n) is 13.2. The Morgan fingerprint density at radius 2 is 1.87 bits per heavy atom. The van der Waals surface area contributed by atoms with Crippen LogP contribution in [0, 0.1) is 0 Å². The van der Waals surface area contributed by atoms with Crippen molar-refractivity contribution in [3.8, 4) is 0 Å². The summed E-state index contributed by atoms with van der Waals surface area (Å²) in [5.74, 6) is -0.352. The molecule has 1 saturated heterocycles. The minimum absolute atomic E-state index is 0.132. The number of carbonyl (C=O) groups is 2. The number of anilines is 1. The van der Waals surface area contributed by atoms with Crippen LogP contribution in [0.4, 0.5) is 5.69 Å². The Labute approximate surface area is 135 Å². The maximum absolute atomic E-state index is 11.9. The van der Waals surface area contributed by atoms with Crippen molar-refractivity contribution in [3.63, 3.8) is 0 Å². The number of nitrogens with zero attached hydrogens (tertiary/aromatic N) is 2. The Morgan fingerprint density at radius 3 is 2.57 bits per heavy atom. The fraction of sp³-hybridized carbons (Fsp3) is 0.438. The van der Waals surface area contributed by atoms with Crippen LogP contribution in [0.3, 0.4) is 0 Å². The van der Waals surface area contributed by atoms with Gasteiger partial charge in [-0.3, -0.25) is 14.5 Å². The van der Waals surface area contributed by atoms with Crippen molar-refractivity contribution in [3.05, 3.63) is 30.3 Å². The van der Waals surface area contributed by atoms with Crippen molar-refractivity contribution in [2.75, 3.05) is 38.2 Å². The number of amides is 2. The SMILES string of the molecule is C/C(CC(=O)Nc1ccccc1)=N/NC(=O)CN1CCOCC1. The Morgan fingerprint density at radius 1 is 1.17 bits per heavy atom. The molecule has 23 heavy (non-hydrogen) atoms. The van der Waals surface area contributed by atoms with Gasteiger partial charge in [0, 0.05) is 24.5 Å². The van der Waals surface area contributed by atoms with Crippen molar-refractivity contribution < 1.29 is 14.3 Å². The Hall–Kier alpha value is -2.25. The highest BCUT2D eigenvalue weighted by Crippen LogP contribution is 2.05. The normalized spacial score (nSPS) is 16.0. The monoisotopic (exact) mass is 318 g/mol. The summed E-state index contributed by atoms with van der Waals surface area (Å²) >= 11 is 0. The Kier molecular flexibility index (Phi) is 6.71. The molecule has 0 radical (unpaired) electrons. The first-order valence-electron chi connectivity index (χ1n) is 7.60. The number of carbonyl (C=O) groups excluding carboxylic acids is 2. The first kappa shape index (κ1) is 17.1. The number of para-hydroxylation sites is 1. The van der Waals surface area contributed by atoms with Crippen LogP contribution < -0.4 is 10.7 Å². The number of hydrazone groups is 1. The molecule has 0 aliphatic carbocycles. The highest BCUT2D eigenvalue weighted by molar-refractivity contribution is 6.05. The molecule has 1 fully saturated rings. The van der Waals surface area contributed by atoms with E-state index in [0.717, 1.165) is 18.8 Å². The van der Waals surface area contributed by atoms with E-state index in [1.54, 1.807) is 6.92 Å². The van der Waals surface area contributed by atoms with Crippen LogP contribution in [0.5, 0.6) is 0 Å². The number of hydrogen-bond acceptors (Lipinski definition) is 5. The summed E-state index contributed by atoms with van der Waals surface area (Å²) < 4.78 is 5.23. The molecule has 7 heteroatoms. The largest absolute Gasteiger partial charge is 0.379 e. The molecule has 0 aromatic heterocycles. The van der Waals surface area contributed by atoms with Gasteiger partial charge in [-0.2, -0.15) is 5.10 Å². The lowest BCUT2D eigenvalue weighted by Crippen LogP contribution is -2.42. The van der Waals surface area contributed by atoms with Crippen LogP contribution in [0.25, 0.3) is 0 Å². The molecule has 124 valence electrons. The van der Waals surface area contributed by atoms with Gasteiger partial charge in [0.1, 0.15) is 0 Å². The van der Waals surface area contributed by atoms with E-state index in [0.29, 0.717) is 18.9 Å². The lowest BCUT2D eigenvalue weighted by molar-refractivity contribution is -0.123. The van der Waals surface area contributed by atoms with Gasteiger partial charge in [0.2, 0.25) is 5.91 Å². The maximum Gasteiger partial charge on any atom is 0.254 e. The van der Waals surface area contributed by atoms with E-state index in [1.807, 2.05) is 35.2 Å². The molecule has 2 amide bonds. The molecule has 0 spiro atoms. The van der Waals surface area contributed by atoms with Crippen LogP contribution in [-0.2, 0) is 14.3 Å². The minimum atomic E-state index is -0.185. The van der Waals surface area contributed by atoms with E-state index in [2.05, 4.69) is 15.8 Å². The van der Waals surface area contributed by atoms with E-state index in [-0.39, 0.29) is 24.8 Å². The van der Waals surface area contributed by atoms with Crippen LogP contribution in [0.15, 0.2) is 35.4 Å². The molecular formula is C16H22N4O3. The fourth-order valence-corrected chi connectivity index (χ4v) is 2.15. The van der Waals surface area contributed by atoms with Crippen LogP contribution >= 0.6 is 0 Å². The van der Waals surface area contributed by atoms with Crippen LogP contribution in [0.1, 0.15) is 13.3 Å². The van der Waals surface area contributed by atoms with Crippen molar-refractivity contribution in [1.29, 1.82) is 0 Å². The van der Waals surface area contributed by atoms with Gasteiger partial charge in [-0.15, -0.1) is 0 Å². The average Bonchev–Trinajstić information content (AvgIpc) is 2.55. The highest BCUT2D eigenvalue weighted by Gasteiger charge is 2.13. The summed E-state index contributed by atoms with van der Waals surface area (Å²) in [6.07, 6.45) is 0.132. The second-order valence-corrected chi connectivity index (χ2v) is 5.36. The third-order valence-corrected chi connectivity index (χ3v) is 3.32. The summed E-state index contributed by atoms with van der Waals surface area (Å²) in [4.78, 5) is 25.7. The van der Waals surface area contributed by atoms with Crippen LogP contribution in [0.2, 0.25) is 0 Å². The van der Waals surface area contributed by atoms with Crippen LogP contribution in [-0.4, -0.2) is 55.3 Å². The second kappa shape index (κ2) is 9.02. The molecule has 1 aromatic rings. The van der Waals surface area contributed by atoms with Gasteiger partial charge in [-0.1, -0.05) is 18.2 Å². The van der Waals surface area contributed by atoms with E-state index < -0.39 is 0 Å². The Balaban J connectivity index is 1.71. The number of rotatable bonds is 6. The maximum atomic E-state index is 11.9. The van der Waals surface area contributed by atoms with Gasteiger partial charge in [-0.25, -0.2) is 5.43 Å². The minimum Gasteiger partial charge on any atom is -0.379 e. The predicted octanol–water partition coefficient (Wildman–Crippen LogP) is 0.839. The summed E-state index contributed by atoms with van der Waals surface area (Å²) in [5.41, 5.74) is 3.77. The molecule has 2 N–H and O–H groups in total. The van der Waals surface area contributed by atoms with Crippen molar-refractivity contribution in [1.82, 2.24) is 10.3 Å². The van der Waals surface area contributed by atoms with Crippen molar-refractivity contribution >= 4 is 23.2 Å². The lowest BCUT2D eigenvalue weighted by atomic mass is 10.2. The number of benzene rings is 1. The number of ether oxygens (including phenoxy) is 1. The first-order valence-corrected chi connectivity index (χ1v) is 7.60. The molecule has 2 rings (SSSR count). The van der Waals surface area contributed by atoms with Gasteiger partial charge in [0.15, 0.2) is 0 Å². The molecule has 0 bridgehead atoms. The summed E-state index contributed by atoms with van der Waals surface area (Å²) in [7, 11) is 0. The van der Waals surface area contributed by atoms with E-state index >= 15 is 0 Å². The number of hydrogen-bond donors (Lipinski definition) is 2. The van der Waals surface area contributed by atoms with Gasteiger partial charge in [0.05, 0.1) is 26.2 Å². The third kappa shape index (κ3) is 6.58. The zero-order valence-corrected chi connectivity index (χ0v) is 13.2. The number of morpholine rings is 1. The summed E-state index contributed by atoms with van der Waals surface area (Å²) in [6, 6.07) is 9.21. The number of nitrogens with one attached hydrogen (secondary N) is 2. The lowest BCUT2D eigenvalue weighted by Gasteiger charge is -2.25. The van der Waals surface area contributed by atoms with Crippen molar-refractivity contribution in [2.45, 2.75) is 13.3 Å². The molecule has 0 saturated carbocycles.